The zero-order valence-corrected chi connectivity index (χ0v) is 14.3. The predicted molar refractivity (Wildman–Crippen MR) is 99.0 cm³/mol. The second-order valence-corrected chi connectivity index (χ2v) is 6.32. The Labute approximate surface area is 152 Å². The molecule has 2 heterocycles. The number of nitrogens with one attached hydrogen (secondary N) is 2. The third kappa shape index (κ3) is 3.40. The summed E-state index contributed by atoms with van der Waals surface area (Å²) in [4.78, 5) is 20.7. The lowest BCUT2D eigenvalue weighted by molar-refractivity contribution is 0.251. The number of imidazole rings is 1. The Hall–Kier alpha value is -3.26. The number of fused-ring (bicyclic) bond motifs is 1. The SMILES string of the molecule is O=C(NCc1cccc(F)c1)Nc1ccc2c(c1)ncn2-c1cscn1. The van der Waals surface area contributed by atoms with E-state index in [4.69, 9.17) is 0 Å². The van der Waals surface area contributed by atoms with Crippen LogP contribution in [0.3, 0.4) is 0 Å². The lowest BCUT2D eigenvalue weighted by Gasteiger charge is -2.08. The molecule has 26 heavy (non-hydrogen) atoms. The average molecular weight is 367 g/mol. The molecule has 6 nitrogen and oxygen atoms in total. The van der Waals surface area contributed by atoms with Crippen LogP contribution >= 0.6 is 11.3 Å². The van der Waals surface area contributed by atoms with E-state index in [1.807, 2.05) is 16.0 Å². The van der Waals surface area contributed by atoms with E-state index in [1.54, 1.807) is 36.1 Å². The van der Waals surface area contributed by atoms with Gasteiger partial charge < -0.3 is 10.6 Å². The molecule has 2 aromatic carbocycles. The number of halogens is 1. The average Bonchev–Trinajstić information content (AvgIpc) is 3.29. The second kappa shape index (κ2) is 6.93. The molecule has 0 aliphatic heterocycles. The Bertz CT molecular complexity index is 1060. The van der Waals surface area contributed by atoms with Crippen LogP contribution < -0.4 is 10.6 Å². The van der Waals surface area contributed by atoms with Crippen molar-refractivity contribution in [1.82, 2.24) is 19.9 Å². The monoisotopic (exact) mass is 367 g/mol. The second-order valence-electron chi connectivity index (χ2n) is 5.60. The van der Waals surface area contributed by atoms with Gasteiger partial charge in [0.25, 0.3) is 0 Å². The maximum Gasteiger partial charge on any atom is 0.319 e. The molecule has 8 heteroatoms. The number of urea groups is 1. The van der Waals surface area contributed by atoms with Crippen molar-refractivity contribution in [1.29, 1.82) is 0 Å². The molecule has 0 fully saturated rings. The van der Waals surface area contributed by atoms with Crippen LogP contribution in [0, 0.1) is 5.82 Å². The normalized spacial score (nSPS) is 10.8. The first-order chi connectivity index (χ1) is 12.7. The summed E-state index contributed by atoms with van der Waals surface area (Å²) in [6.07, 6.45) is 1.70. The number of carbonyl (C=O) groups excluding carboxylic acids is 1. The Kier molecular flexibility index (Phi) is 4.32. The van der Waals surface area contributed by atoms with Gasteiger partial charge in [-0.25, -0.2) is 19.2 Å². The highest BCUT2D eigenvalue weighted by atomic mass is 32.1. The molecule has 0 aliphatic rings. The number of carbonyl (C=O) groups is 1. The van der Waals surface area contributed by atoms with Gasteiger partial charge in [-0.05, 0) is 35.9 Å². The summed E-state index contributed by atoms with van der Waals surface area (Å²) < 4.78 is 15.0. The Morgan fingerprint density at radius 3 is 2.92 bits per heavy atom. The van der Waals surface area contributed by atoms with Gasteiger partial charge >= 0.3 is 6.03 Å². The van der Waals surface area contributed by atoms with Crippen LogP contribution in [-0.4, -0.2) is 20.6 Å². The fourth-order valence-electron chi connectivity index (χ4n) is 2.60. The van der Waals surface area contributed by atoms with E-state index in [0.29, 0.717) is 11.3 Å². The molecule has 0 saturated heterocycles. The Balaban J connectivity index is 1.45. The van der Waals surface area contributed by atoms with Gasteiger partial charge in [0.05, 0.1) is 16.5 Å². The van der Waals surface area contributed by atoms with Crippen molar-refractivity contribution in [3.05, 3.63) is 71.1 Å². The van der Waals surface area contributed by atoms with Crippen LogP contribution in [-0.2, 0) is 6.54 Å². The number of aromatic nitrogens is 3. The predicted octanol–water partition coefficient (Wildman–Crippen LogP) is 3.94. The van der Waals surface area contributed by atoms with E-state index >= 15 is 0 Å². The molecule has 0 atom stereocenters. The molecular formula is C18H14FN5OS. The summed E-state index contributed by atoms with van der Waals surface area (Å²) in [5.74, 6) is 0.483. The molecule has 4 rings (SSSR count). The van der Waals surface area contributed by atoms with E-state index < -0.39 is 0 Å². The smallest absolute Gasteiger partial charge is 0.319 e. The summed E-state index contributed by atoms with van der Waals surface area (Å²) in [7, 11) is 0. The minimum absolute atomic E-state index is 0.240. The molecule has 2 N–H and O–H groups in total. The largest absolute Gasteiger partial charge is 0.334 e. The zero-order chi connectivity index (χ0) is 17.9. The highest BCUT2D eigenvalue weighted by molar-refractivity contribution is 7.07. The van der Waals surface area contributed by atoms with Gasteiger partial charge in [0.1, 0.15) is 18.0 Å². The van der Waals surface area contributed by atoms with Crippen LogP contribution in [0.2, 0.25) is 0 Å². The Morgan fingerprint density at radius 2 is 2.12 bits per heavy atom. The topological polar surface area (TPSA) is 71.8 Å². The molecule has 2 aromatic heterocycles. The zero-order valence-electron chi connectivity index (χ0n) is 13.5. The first kappa shape index (κ1) is 16.2. The number of rotatable bonds is 4. The highest BCUT2D eigenvalue weighted by Gasteiger charge is 2.08. The van der Waals surface area contributed by atoms with Crippen LogP contribution in [0.4, 0.5) is 14.9 Å². The van der Waals surface area contributed by atoms with E-state index in [1.165, 1.54) is 23.5 Å². The lowest BCUT2D eigenvalue weighted by Crippen LogP contribution is -2.28. The fraction of sp³-hybridized carbons (Fsp3) is 0.0556. The number of hydrogen-bond donors (Lipinski definition) is 2. The van der Waals surface area contributed by atoms with Gasteiger partial charge in [-0.15, -0.1) is 11.3 Å². The van der Waals surface area contributed by atoms with Crippen molar-refractivity contribution in [2.24, 2.45) is 0 Å². The van der Waals surface area contributed by atoms with Crippen LogP contribution in [0.25, 0.3) is 16.9 Å². The number of anilines is 1. The number of hydrogen-bond acceptors (Lipinski definition) is 4. The van der Waals surface area contributed by atoms with E-state index in [9.17, 15) is 9.18 Å². The van der Waals surface area contributed by atoms with E-state index in [-0.39, 0.29) is 18.4 Å². The van der Waals surface area contributed by atoms with Crippen molar-refractivity contribution in [2.75, 3.05) is 5.32 Å². The molecular weight excluding hydrogens is 353 g/mol. The number of benzene rings is 2. The summed E-state index contributed by atoms with van der Waals surface area (Å²) in [5.41, 5.74) is 4.73. The third-order valence-electron chi connectivity index (χ3n) is 3.81. The number of thiazole rings is 1. The van der Waals surface area contributed by atoms with Gasteiger partial charge in [-0.2, -0.15) is 0 Å². The first-order valence-electron chi connectivity index (χ1n) is 7.84. The minimum Gasteiger partial charge on any atom is -0.334 e. The van der Waals surface area contributed by atoms with Gasteiger partial charge in [-0.1, -0.05) is 12.1 Å². The highest BCUT2D eigenvalue weighted by Crippen LogP contribution is 2.21. The fourth-order valence-corrected chi connectivity index (χ4v) is 3.13. The minimum atomic E-state index is -0.368. The van der Waals surface area contributed by atoms with Crippen LogP contribution in [0.1, 0.15) is 5.56 Å². The van der Waals surface area contributed by atoms with Gasteiger partial charge in [-0.3, -0.25) is 4.57 Å². The van der Waals surface area contributed by atoms with Crippen molar-refractivity contribution in [3.8, 4) is 5.82 Å². The van der Waals surface area contributed by atoms with Crippen molar-refractivity contribution in [2.45, 2.75) is 6.54 Å². The maximum atomic E-state index is 13.1. The third-order valence-corrected chi connectivity index (χ3v) is 4.39. The standard InChI is InChI=1S/C18H14FN5OS/c19-13-3-1-2-12(6-13)8-20-18(25)23-14-4-5-16-15(7-14)21-10-24(16)17-9-26-11-22-17/h1-7,9-11H,8H2,(H2,20,23,25). The van der Waals surface area contributed by atoms with Crippen molar-refractivity contribution >= 4 is 34.1 Å². The molecule has 0 saturated carbocycles. The quantitative estimate of drug-likeness (QED) is 0.574. The van der Waals surface area contributed by atoms with Crippen molar-refractivity contribution in [3.63, 3.8) is 0 Å². The molecule has 0 aliphatic carbocycles. The number of amides is 2. The molecule has 2 amide bonds. The number of nitrogens with zero attached hydrogens (tertiary/aromatic N) is 3. The van der Waals surface area contributed by atoms with Gasteiger partial charge in [0.2, 0.25) is 0 Å². The maximum absolute atomic E-state index is 13.1. The Morgan fingerprint density at radius 1 is 1.19 bits per heavy atom. The molecule has 0 radical (unpaired) electrons. The summed E-state index contributed by atoms with van der Waals surface area (Å²) in [5, 5.41) is 7.39. The van der Waals surface area contributed by atoms with Crippen molar-refractivity contribution < 1.29 is 9.18 Å². The first-order valence-corrected chi connectivity index (χ1v) is 8.78. The lowest BCUT2D eigenvalue weighted by atomic mass is 10.2. The molecule has 130 valence electrons. The van der Waals surface area contributed by atoms with Crippen LogP contribution in [0.5, 0.6) is 0 Å². The van der Waals surface area contributed by atoms with E-state index in [2.05, 4.69) is 20.6 Å². The molecule has 0 spiro atoms. The van der Waals surface area contributed by atoms with Gasteiger partial charge in [0, 0.05) is 17.6 Å². The summed E-state index contributed by atoms with van der Waals surface area (Å²) >= 11 is 1.51. The van der Waals surface area contributed by atoms with Crippen LogP contribution in [0.15, 0.2) is 59.7 Å². The van der Waals surface area contributed by atoms with Gasteiger partial charge in [0.15, 0.2) is 0 Å². The molecule has 0 bridgehead atoms. The molecule has 4 aromatic rings. The summed E-state index contributed by atoms with van der Waals surface area (Å²) in [6, 6.07) is 11.2. The summed E-state index contributed by atoms with van der Waals surface area (Å²) in [6.45, 7) is 0.240. The van der Waals surface area contributed by atoms with E-state index in [0.717, 1.165) is 16.9 Å². The molecule has 0 unspecified atom stereocenters.